The number of carbonyl (C=O) groups is 1. The van der Waals surface area contributed by atoms with E-state index in [-0.39, 0.29) is 5.91 Å². The van der Waals surface area contributed by atoms with Gasteiger partial charge in [-0.2, -0.15) is 0 Å². The monoisotopic (exact) mass is 365 g/mol. The van der Waals surface area contributed by atoms with Crippen molar-refractivity contribution in [1.82, 2.24) is 0 Å². The van der Waals surface area contributed by atoms with Crippen LogP contribution in [0.15, 0.2) is 49.1 Å². The van der Waals surface area contributed by atoms with Crippen LogP contribution in [0.2, 0.25) is 10.0 Å². The highest BCUT2D eigenvalue weighted by atomic mass is 35.5. The predicted molar refractivity (Wildman–Crippen MR) is 97.7 cm³/mol. The Balaban J connectivity index is 2.22. The van der Waals surface area contributed by atoms with E-state index in [4.69, 9.17) is 32.7 Å². The van der Waals surface area contributed by atoms with Crippen LogP contribution in [0.4, 0.5) is 5.69 Å². The molecule has 0 bridgehead atoms. The maximum atomic E-state index is 12.4. The fourth-order valence-corrected chi connectivity index (χ4v) is 2.43. The topological polar surface area (TPSA) is 47.6 Å². The molecule has 2 aromatic rings. The highest BCUT2D eigenvalue weighted by molar-refractivity contribution is 6.36. The summed E-state index contributed by atoms with van der Waals surface area (Å²) >= 11 is 11.9. The lowest BCUT2D eigenvalue weighted by Gasteiger charge is -2.13. The van der Waals surface area contributed by atoms with Crippen molar-refractivity contribution in [2.24, 2.45) is 0 Å². The number of benzene rings is 2. The summed E-state index contributed by atoms with van der Waals surface area (Å²) in [7, 11) is 0. The molecule has 0 fully saturated rings. The second-order valence-electron chi connectivity index (χ2n) is 4.77. The van der Waals surface area contributed by atoms with Crippen molar-refractivity contribution < 1.29 is 14.3 Å². The van der Waals surface area contributed by atoms with Crippen molar-refractivity contribution in [3.8, 4) is 11.5 Å². The van der Waals surface area contributed by atoms with Gasteiger partial charge in [-0.1, -0.05) is 35.9 Å². The van der Waals surface area contributed by atoms with Crippen molar-refractivity contribution in [1.29, 1.82) is 0 Å². The standard InChI is InChI=1S/C18H17Cl2NO3/c1-3-9-24-16-8-5-12(10-17(16)23-4-2)18(22)21-15-7-6-13(19)11-14(15)20/h3,5-8,10-11H,1,4,9H2,2H3,(H,21,22). The molecule has 0 unspecified atom stereocenters. The molecule has 0 aliphatic heterocycles. The molecule has 2 rings (SSSR count). The summed E-state index contributed by atoms with van der Waals surface area (Å²) in [4.78, 5) is 12.4. The van der Waals surface area contributed by atoms with E-state index in [1.165, 1.54) is 0 Å². The van der Waals surface area contributed by atoms with E-state index in [2.05, 4.69) is 11.9 Å². The molecule has 0 radical (unpaired) electrons. The Morgan fingerprint density at radius 3 is 2.62 bits per heavy atom. The van der Waals surface area contributed by atoms with Gasteiger partial charge in [0, 0.05) is 10.6 Å². The minimum atomic E-state index is -0.310. The van der Waals surface area contributed by atoms with Gasteiger partial charge in [0.25, 0.3) is 5.91 Å². The zero-order valence-corrected chi connectivity index (χ0v) is 14.7. The summed E-state index contributed by atoms with van der Waals surface area (Å²) in [5, 5.41) is 3.61. The lowest BCUT2D eigenvalue weighted by atomic mass is 10.1. The highest BCUT2D eigenvalue weighted by Gasteiger charge is 2.13. The van der Waals surface area contributed by atoms with Gasteiger partial charge in [0.2, 0.25) is 0 Å². The average Bonchev–Trinajstić information content (AvgIpc) is 2.56. The third kappa shape index (κ3) is 4.66. The first kappa shape index (κ1) is 18.2. The van der Waals surface area contributed by atoms with Crippen molar-refractivity contribution >= 4 is 34.8 Å². The summed E-state index contributed by atoms with van der Waals surface area (Å²) in [5.41, 5.74) is 0.909. The summed E-state index contributed by atoms with van der Waals surface area (Å²) in [5.74, 6) is 0.738. The van der Waals surface area contributed by atoms with E-state index >= 15 is 0 Å². The third-order valence-corrected chi connectivity index (χ3v) is 3.59. The first-order chi connectivity index (χ1) is 11.5. The number of anilines is 1. The quantitative estimate of drug-likeness (QED) is 0.685. The molecule has 24 heavy (non-hydrogen) atoms. The molecule has 2 aromatic carbocycles. The van der Waals surface area contributed by atoms with Gasteiger partial charge >= 0.3 is 0 Å². The first-order valence-corrected chi connectivity index (χ1v) is 8.07. The summed E-state index contributed by atoms with van der Waals surface area (Å²) in [6.07, 6.45) is 1.64. The Morgan fingerprint density at radius 1 is 1.17 bits per heavy atom. The number of nitrogens with one attached hydrogen (secondary N) is 1. The number of hydrogen-bond donors (Lipinski definition) is 1. The van der Waals surface area contributed by atoms with Gasteiger partial charge in [0.05, 0.1) is 17.3 Å². The van der Waals surface area contributed by atoms with Crippen LogP contribution in [0.1, 0.15) is 17.3 Å². The minimum Gasteiger partial charge on any atom is -0.490 e. The Kier molecular flexibility index (Phi) is 6.53. The Bertz CT molecular complexity index is 747. The number of carbonyl (C=O) groups excluding carboxylic acids is 1. The van der Waals surface area contributed by atoms with Gasteiger partial charge < -0.3 is 14.8 Å². The molecule has 1 N–H and O–H groups in total. The Hall–Kier alpha value is -2.17. The second-order valence-corrected chi connectivity index (χ2v) is 5.62. The van der Waals surface area contributed by atoms with Gasteiger partial charge in [0.15, 0.2) is 11.5 Å². The van der Waals surface area contributed by atoms with E-state index in [1.807, 2.05) is 6.92 Å². The van der Waals surface area contributed by atoms with E-state index in [0.29, 0.717) is 46.0 Å². The normalized spacial score (nSPS) is 10.1. The maximum absolute atomic E-state index is 12.4. The fraction of sp³-hybridized carbons (Fsp3) is 0.167. The zero-order valence-electron chi connectivity index (χ0n) is 13.1. The van der Waals surface area contributed by atoms with Crippen LogP contribution in [0.5, 0.6) is 11.5 Å². The highest BCUT2D eigenvalue weighted by Crippen LogP contribution is 2.30. The van der Waals surface area contributed by atoms with E-state index in [1.54, 1.807) is 42.5 Å². The maximum Gasteiger partial charge on any atom is 0.255 e. The van der Waals surface area contributed by atoms with Gasteiger partial charge in [-0.3, -0.25) is 4.79 Å². The molecule has 0 heterocycles. The van der Waals surface area contributed by atoms with Gasteiger partial charge in [-0.15, -0.1) is 0 Å². The molecule has 0 saturated heterocycles. The van der Waals surface area contributed by atoms with Crippen LogP contribution in [0.3, 0.4) is 0 Å². The zero-order chi connectivity index (χ0) is 17.5. The largest absolute Gasteiger partial charge is 0.490 e. The Labute approximate surface area is 151 Å². The predicted octanol–water partition coefficient (Wildman–Crippen LogP) is 5.21. The molecule has 0 aliphatic rings. The number of ether oxygens (including phenoxy) is 2. The number of hydrogen-bond acceptors (Lipinski definition) is 3. The molecule has 4 nitrogen and oxygen atoms in total. The van der Waals surface area contributed by atoms with Crippen molar-refractivity contribution in [2.45, 2.75) is 6.92 Å². The number of rotatable bonds is 7. The fourth-order valence-electron chi connectivity index (χ4n) is 1.97. The van der Waals surface area contributed by atoms with Crippen LogP contribution < -0.4 is 14.8 Å². The smallest absolute Gasteiger partial charge is 0.255 e. The van der Waals surface area contributed by atoms with Crippen LogP contribution in [0, 0.1) is 0 Å². The van der Waals surface area contributed by atoms with Crippen LogP contribution in [-0.4, -0.2) is 19.1 Å². The number of halogens is 2. The van der Waals surface area contributed by atoms with Gasteiger partial charge in [-0.05, 0) is 43.3 Å². The van der Waals surface area contributed by atoms with Crippen LogP contribution in [-0.2, 0) is 0 Å². The third-order valence-electron chi connectivity index (χ3n) is 3.04. The molecule has 0 atom stereocenters. The van der Waals surface area contributed by atoms with Crippen molar-refractivity contribution in [3.05, 3.63) is 64.7 Å². The lowest BCUT2D eigenvalue weighted by Crippen LogP contribution is -2.12. The number of amides is 1. The average molecular weight is 366 g/mol. The van der Waals surface area contributed by atoms with E-state index in [9.17, 15) is 4.79 Å². The molecule has 0 aromatic heterocycles. The molecule has 0 saturated carbocycles. The van der Waals surface area contributed by atoms with Crippen molar-refractivity contribution in [2.75, 3.05) is 18.5 Å². The molecule has 0 aliphatic carbocycles. The van der Waals surface area contributed by atoms with E-state index in [0.717, 1.165) is 0 Å². The first-order valence-electron chi connectivity index (χ1n) is 7.32. The SMILES string of the molecule is C=CCOc1ccc(C(=O)Nc2ccc(Cl)cc2Cl)cc1OCC. The van der Waals surface area contributed by atoms with Gasteiger partial charge in [0.1, 0.15) is 6.61 Å². The second kappa shape index (κ2) is 8.62. The summed E-state index contributed by atoms with van der Waals surface area (Å²) in [6, 6.07) is 9.83. The summed E-state index contributed by atoms with van der Waals surface area (Å²) in [6.45, 7) is 6.28. The molecular formula is C18H17Cl2NO3. The molecule has 0 spiro atoms. The lowest BCUT2D eigenvalue weighted by molar-refractivity contribution is 0.102. The van der Waals surface area contributed by atoms with Gasteiger partial charge in [-0.25, -0.2) is 0 Å². The van der Waals surface area contributed by atoms with E-state index < -0.39 is 0 Å². The molecule has 126 valence electrons. The van der Waals surface area contributed by atoms with Crippen molar-refractivity contribution in [3.63, 3.8) is 0 Å². The molecule has 6 heteroatoms. The van der Waals surface area contributed by atoms with Crippen LogP contribution in [0.25, 0.3) is 0 Å². The molecule has 1 amide bonds. The minimum absolute atomic E-state index is 0.310. The van der Waals surface area contributed by atoms with Crippen LogP contribution >= 0.6 is 23.2 Å². The summed E-state index contributed by atoms with van der Waals surface area (Å²) < 4.78 is 11.0. The Morgan fingerprint density at radius 2 is 1.96 bits per heavy atom. The molecular weight excluding hydrogens is 349 g/mol.